The number of hydroxylamine groups is 1. The maximum Gasteiger partial charge on any atom is 0.259 e. The van der Waals surface area contributed by atoms with E-state index in [1.165, 1.54) is 5.56 Å². The molecule has 4 nitrogen and oxygen atoms in total. The standard InChI is InChI=1S/C22H30N2O2/c1-8-16-10-9-11-17(12-16)18-13-19(23(25)21(2,3)4)15-20(14-18)24(26)22(5,6)7/h9-15H,8H2,1-7H3. The first-order chi connectivity index (χ1) is 11.9. The van der Waals surface area contributed by atoms with E-state index in [2.05, 4.69) is 19.1 Å². The van der Waals surface area contributed by atoms with E-state index in [-0.39, 0.29) is 0 Å². The number of hydrogen-bond donors (Lipinski definition) is 0. The number of nitrogens with zero attached hydrogens (tertiary/aromatic N) is 2. The van der Waals surface area contributed by atoms with Crippen molar-refractivity contribution in [2.45, 2.75) is 66.0 Å². The van der Waals surface area contributed by atoms with E-state index in [1.807, 2.05) is 65.8 Å². The SMILES string of the molecule is CCc1cccc(-c2cc(N([O-])C(C)(C)C)cc([N+](=O)C(C)(C)C)c2)c1. The van der Waals surface area contributed by atoms with Crippen LogP contribution >= 0.6 is 0 Å². The molecule has 4 heteroatoms. The van der Waals surface area contributed by atoms with Gasteiger partial charge in [0.1, 0.15) is 0 Å². The number of benzene rings is 2. The summed E-state index contributed by atoms with van der Waals surface area (Å²) in [6.07, 6.45) is 0.936. The summed E-state index contributed by atoms with van der Waals surface area (Å²) in [6, 6.07) is 13.6. The first-order valence-corrected chi connectivity index (χ1v) is 9.12. The van der Waals surface area contributed by atoms with Gasteiger partial charge in [-0.2, -0.15) is 0 Å². The van der Waals surface area contributed by atoms with E-state index in [0.717, 1.165) is 27.4 Å². The fourth-order valence-corrected chi connectivity index (χ4v) is 2.74. The Kier molecular flexibility index (Phi) is 5.57. The van der Waals surface area contributed by atoms with Crippen molar-refractivity contribution in [2.24, 2.45) is 0 Å². The molecule has 0 fully saturated rings. The molecule has 0 saturated heterocycles. The highest BCUT2D eigenvalue weighted by atomic mass is 16.5. The van der Waals surface area contributed by atoms with E-state index in [1.54, 1.807) is 6.07 Å². The van der Waals surface area contributed by atoms with Gasteiger partial charge in [0, 0.05) is 53.8 Å². The molecule has 0 N–H and O–H groups in total. The minimum Gasteiger partial charge on any atom is -0.758 e. The summed E-state index contributed by atoms with van der Waals surface area (Å²) < 4.78 is 0.972. The van der Waals surface area contributed by atoms with Crippen molar-refractivity contribution in [1.29, 1.82) is 0 Å². The Balaban J connectivity index is 2.65. The van der Waals surface area contributed by atoms with Crippen LogP contribution in [0.5, 0.6) is 0 Å². The summed E-state index contributed by atoms with van der Waals surface area (Å²) in [7, 11) is 0. The van der Waals surface area contributed by atoms with Crippen LogP contribution in [0.1, 0.15) is 54.0 Å². The summed E-state index contributed by atoms with van der Waals surface area (Å²) in [4.78, 5) is 12.8. The average Bonchev–Trinajstić information content (AvgIpc) is 2.58. The van der Waals surface area contributed by atoms with E-state index in [0.29, 0.717) is 11.4 Å². The van der Waals surface area contributed by atoms with Gasteiger partial charge >= 0.3 is 0 Å². The quantitative estimate of drug-likeness (QED) is 0.483. The van der Waals surface area contributed by atoms with Gasteiger partial charge in [-0.3, -0.25) is 0 Å². The Hall–Kier alpha value is -2.20. The molecular weight excluding hydrogens is 324 g/mol. The molecule has 2 aromatic carbocycles. The minimum atomic E-state index is -0.587. The molecule has 0 aromatic heterocycles. The molecule has 0 bridgehead atoms. The van der Waals surface area contributed by atoms with Crippen molar-refractivity contribution in [1.82, 2.24) is 0 Å². The van der Waals surface area contributed by atoms with E-state index in [9.17, 15) is 10.1 Å². The normalized spacial score (nSPS) is 12.2. The predicted octanol–water partition coefficient (Wildman–Crippen LogP) is 6.23. The van der Waals surface area contributed by atoms with Crippen molar-refractivity contribution in [2.75, 3.05) is 5.06 Å². The lowest BCUT2D eigenvalue weighted by Crippen LogP contribution is -2.36. The van der Waals surface area contributed by atoms with Crippen LogP contribution in [0.4, 0.5) is 11.4 Å². The van der Waals surface area contributed by atoms with Gasteiger partial charge in [0.05, 0.1) is 0 Å². The maximum absolute atomic E-state index is 12.8. The molecule has 0 heterocycles. The first-order valence-electron chi connectivity index (χ1n) is 9.12. The van der Waals surface area contributed by atoms with Gasteiger partial charge in [-0.1, -0.05) is 31.2 Å². The van der Waals surface area contributed by atoms with Crippen LogP contribution < -0.4 is 5.06 Å². The molecule has 0 saturated carbocycles. The topological polar surface area (TPSA) is 46.4 Å². The van der Waals surface area contributed by atoms with E-state index < -0.39 is 11.1 Å². The second-order valence-corrected chi connectivity index (χ2v) is 8.72. The van der Waals surface area contributed by atoms with Crippen LogP contribution in [-0.4, -0.2) is 15.8 Å². The Bertz CT molecular complexity index is 799. The number of nitroso groups, excluding NO2 is 1. The van der Waals surface area contributed by atoms with Gasteiger partial charge in [-0.15, -0.1) is 0 Å². The molecule has 26 heavy (non-hydrogen) atoms. The van der Waals surface area contributed by atoms with Crippen molar-refractivity contribution < 1.29 is 4.76 Å². The third-order valence-electron chi connectivity index (χ3n) is 4.26. The van der Waals surface area contributed by atoms with Crippen LogP contribution in [0.15, 0.2) is 42.5 Å². The van der Waals surface area contributed by atoms with Crippen molar-refractivity contribution in [3.63, 3.8) is 0 Å². The highest BCUT2D eigenvalue weighted by Gasteiger charge is 2.32. The summed E-state index contributed by atoms with van der Waals surface area (Å²) in [5, 5.41) is 13.8. The van der Waals surface area contributed by atoms with Crippen molar-refractivity contribution in [3.05, 3.63) is 58.1 Å². The maximum atomic E-state index is 12.8. The summed E-state index contributed by atoms with van der Waals surface area (Å²) in [5.41, 5.74) is 2.93. The van der Waals surface area contributed by atoms with Gasteiger partial charge in [0.25, 0.3) is 5.69 Å². The lowest BCUT2D eigenvalue weighted by molar-refractivity contribution is -0.540. The Morgan fingerprint density at radius 2 is 1.62 bits per heavy atom. The van der Waals surface area contributed by atoms with Crippen LogP contribution in [-0.2, 0) is 6.42 Å². The van der Waals surface area contributed by atoms with Gasteiger partial charge < -0.3 is 10.3 Å². The van der Waals surface area contributed by atoms with Crippen LogP contribution in [0, 0.1) is 10.1 Å². The summed E-state index contributed by atoms with van der Waals surface area (Å²) >= 11 is 0. The second-order valence-electron chi connectivity index (χ2n) is 8.72. The molecule has 0 atom stereocenters. The van der Waals surface area contributed by atoms with Crippen molar-refractivity contribution >= 4 is 11.4 Å². The molecule has 0 aliphatic heterocycles. The summed E-state index contributed by atoms with van der Waals surface area (Å²) in [5.74, 6) is 0. The highest BCUT2D eigenvalue weighted by molar-refractivity contribution is 5.73. The largest absolute Gasteiger partial charge is 0.758 e. The molecule has 0 radical (unpaired) electrons. The minimum absolute atomic E-state index is 0.497. The van der Waals surface area contributed by atoms with Crippen LogP contribution in [0.2, 0.25) is 0 Å². The van der Waals surface area contributed by atoms with Crippen molar-refractivity contribution in [3.8, 4) is 11.1 Å². The molecule has 0 spiro atoms. The second kappa shape index (κ2) is 7.20. The first kappa shape index (κ1) is 20.1. The summed E-state index contributed by atoms with van der Waals surface area (Å²) in [6.45, 7) is 13.3. The fraction of sp³-hybridized carbons (Fsp3) is 0.455. The molecular formula is C22H30N2O2. The van der Waals surface area contributed by atoms with Gasteiger partial charge in [0.2, 0.25) is 5.54 Å². The lowest BCUT2D eigenvalue weighted by Gasteiger charge is -2.43. The molecule has 2 rings (SSSR count). The Morgan fingerprint density at radius 1 is 0.962 bits per heavy atom. The third kappa shape index (κ3) is 4.50. The van der Waals surface area contributed by atoms with Crippen LogP contribution in [0.3, 0.4) is 0 Å². The number of aryl methyl sites for hydroxylation is 1. The van der Waals surface area contributed by atoms with Gasteiger partial charge in [-0.05, 0) is 49.9 Å². The molecule has 0 aliphatic rings. The molecule has 140 valence electrons. The highest BCUT2D eigenvalue weighted by Crippen LogP contribution is 2.35. The third-order valence-corrected chi connectivity index (χ3v) is 4.26. The number of rotatable bonds is 4. The molecule has 2 aromatic rings. The lowest BCUT2D eigenvalue weighted by atomic mass is 9.99. The number of anilines is 1. The van der Waals surface area contributed by atoms with Crippen LogP contribution in [0.25, 0.3) is 11.1 Å². The number of hydrogen-bond acceptors (Lipinski definition) is 3. The van der Waals surface area contributed by atoms with Gasteiger partial charge in [-0.25, -0.2) is 0 Å². The molecule has 0 amide bonds. The van der Waals surface area contributed by atoms with E-state index in [4.69, 9.17) is 0 Å². The van der Waals surface area contributed by atoms with Gasteiger partial charge in [0.15, 0.2) is 0 Å². The molecule has 0 aliphatic carbocycles. The average molecular weight is 354 g/mol. The Labute approximate surface area is 157 Å². The molecule has 0 unspecified atom stereocenters. The zero-order valence-electron chi connectivity index (χ0n) is 17.0. The fourth-order valence-electron chi connectivity index (χ4n) is 2.74. The van der Waals surface area contributed by atoms with E-state index >= 15 is 0 Å². The zero-order valence-corrected chi connectivity index (χ0v) is 17.0. The zero-order chi connectivity index (χ0) is 19.7. The predicted molar refractivity (Wildman–Crippen MR) is 110 cm³/mol. The monoisotopic (exact) mass is 354 g/mol. The Morgan fingerprint density at radius 3 is 2.15 bits per heavy atom. The smallest absolute Gasteiger partial charge is 0.259 e.